The van der Waals surface area contributed by atoms with E-state index in [1.807, 2.05) is 72.8 Å². The number of Topliss-reactive ketones (excluding diaryl/α,β-unsaturated/α-hetero) is 1. The Hall–Kier alpha value is -3.53. The highest BCUT2D eigenvalue weighted by molar-refractivity contribution is 7.99. The molecule has 0 unspecified atom stereocenters. The zero-order valence-corrected chi connectivity index (χ0v) is 21.0. The van der Waals surface area contributed by atoms with Crippen LogP contribution in [0.5, 0.6) is 5.75 Å². The molecule has 9 heteroatoms. The second-order valence-electron chi connectivity index (χ2n) is 7.48. The Morgan fingerprint density at radius 3 is 2.34 bits per heavy atom. The lowest BCUT2D eigenvalue weighted by atomic mass is 10.2. The van der Waals surface area contributed by atoms with Crippen molar-refractivity contribution in [3.05, 3.63) is 105 Å². The lowest BCUT2D eigenvalue weighted by molar-refractivity contribution is 0.102. The number of fused-ring (bicyclic) bond motifs is 1. The van der Waals surface area contributed by atoms with Crippen LogP contribution in [0.25, 0.3) is 21.7 Å². The summed E-state index contributed by atoms with van der Waals surface area (Å²) >= 11 is 8.09. The molecule has 0 N–H and O–H groups in total. The number of nitrogens with zero attached hydrogens (tertiary/aromatic N) is 3. The average molecular weight is 518 g/mol. The molecule has 0 spiro atoms. The van der Waals surface area contributed by atoms with E-state index in [0.717, 1.165) is 0 Å². The highest BCUT2D eigenvalue weighted by Gasteiger charge is 2.21. The number of methoxy groups -OCH3 is 1. The quantitative estimate of drug-likeness (QED) is 0.115. The van der Waals surface area contributed by atoms with Gasteiger partial charge in [-0.3, -0.25) is 18.7 Å². The van der Waals surface area contributed by atoms with Crippen molar-refractivity contribution in [1.29, 1.82) is 0 Å². The largest absolute Gasteiger partial charge is 0.495 e. The second kappa shape index (κ2) is 9.99. The van der Waals surface area contributed by atoms with Gasteiger partial charge in [0.05, 0.1) is 24.2 Å². The number of thioether (sulfide) groups is 1. The van der Waals surface area contributed by atoms with Gasteiger partial charge in [-0.25, -0.2) is 4.98 Å². The lowest BCUT2D eigenvalue weighted by Crippen LogP contribution is -2.22. The van der Waals surface area contributed by atoms with Crippen LogP contribution in [-0.2, 0) is 0 Å². The maximum Gasteiger partial charge on any atom is 0.278 e. The summed E-state index contributed by atoms with van der Waals surface area (Å²) in [6.45, 7) is 0. The fraction of sp³-hybridized carbons (Fsp3) is 0.0769. The Bertz CT molecular complexity index is 1640. The summed E-state index contributed by atoms with van der Waals surface area (Å²) in [6.07, 6.45) is 0. The first-order chi connectivity index (χ1) is 17.1. The Morgan fingerprint density at radius 2 is 1.63 bits per heavy atom. The van der Waals surface area contributed by atoms with Crippen LogP contribution >= 0.6 is 35.3 Å². The molecule has 6 nitrogen and oxygen atoms in total. The molecule has 0 aliphatic heterocycles. The van der Waals surface area contributed by atoms with E-state index in [1.54, 1.807) is 28.4 Å². The predicted molar refractivity (Wildman–Crippen MR) is 143 cm³/mol. The summed E-state index contributed by atoms with van der Waals surface area (Å²) in [7, 11) is 1.59. The van der Waals surface area contributed by atoms with E-state index >= 15 is 0 Å². The number of carbonyl (C=O) groups excluding carboxylic acids is 1. The van der Waals surface area contributed by atoms with E-state index in [4.69, 9.17) is 21.9 Å². The van der Waals surface area contributed by atoms with E-state index in [-0.39, 0.29) is 17.1 Å². The molecular weight excluding hydrogens is 499 g/mol. The molecule has 174 valence electrons. The van der Waals surface area contributed by atoms with E-state index < -0.39 is 0 Å². The van der Waals surface area contributed by atoms with E-state index in [2.05, 4.69) is 0 Å². The van der Waals surface area contributed by atoms with Crippen molar-refractivity contribution < 1.29 is 9.53 Å². The minimum atomic E-state index is -0.236. The first-order valence-corrected chi connectivity index (χ1v) is 12.9. The Labute approximate surface area is 214 Å². The molecule has 0 fully saturated rings. The van der Waals surface area contributed by atoms with E-state index in [1.165, 1.54) is 23.1 Å². The maximum absolute atomic E-state index is 13.8. The molecule has 2 heterocycles. The van der Waals surface area contributed by atoms with Crippen LogP contribution in [0.2, 0.25) is 0 Å². The van der Waals surface area contributed by atoms with Crippen LogP contribution < -0.4 is 10.3 Å². The molecule has 0 saturated carbocycles. The van der Waals surface area contributed by atoms with Crippen molar-refractivity contribution in [2.45, 2.75) is 5.16 Å². The fourth-order valence-electron chi connectivity index (χ4n) is 3.70. The van der Waals surface area contributed by atoms with Gasteiger partial charge >= 0.3 is 0 Å². The van der Waals surface area contributed by atoms with Crippen molar-refractivity contribution in [2.75, 3.05) is 12.9 Å². The van der Waals surface area contributed by atoms with Crippen LogP contribution in [0.15, 0.2) is 94.9 Å². The minimum absolute atomic E-state index is 0.0450. The molecule has 5 aromatic rings. The number of para-hydroxylation sites is 3. The number of hydrogen-bond donors (Lipinski definition) is 0. The number of aromatic nitrogens is 3. The summed E-state index contributed by atoms with van der Waals surface area (Å²) in [5.74, 6) is 0.705. The number of benzene rings is 3. The molecular formula is C26H19N3O3S3. The molecule has 0 atom stereocenters. The fourth-order valence-corrected chi connectivity index (χ4v) is 5.89. The van der Waals surface area contributed by atoms with Crippen molar-refractivity contribution >= 4 is 51.4 Å². The number of ketones is 1. The Kier molecular flexibility index (Phi) is 6.63. The third kappa shape index (κ3) is 4.45. The first kappa shape index (κ1) is 23.2. The van der Waals surface area contributed by atoms with Gasteiger partial charge < -0.3 is 4.74 Å². The summed E-state index contributed by atoms with van der Waals surface area (Å²) in [5.41, 5.74) is 2.19. The summed E-state index contributed by atoms with van der Waals surface area (Å²) in [6, 6.07) is 25.8. The Morgan fingerprint density at radius 1 is 0.971 bits per heavy atom. The molecule has 2 aromatic heterocycles. The van der Waals surface area contributed by atoms with Crippen molar-refractivity contribution in [2.24, 2.45) is 0 Å². The number of ether oxygens (including phenoxy) is 1. The maximum atomic E-state index is 13.8. The summed E-state index contributed by atoms with van der Waals surface area (Å²) in [5, 5.41) is 0.412. The molecule has 5 rings (SSSR count). The summed E-state index contributed by atoms with van der Waals surface area (Å²) < 4.78 is 9.75. The van der Waals surface area contributed by atoms with E-state index in [9.17, 15) is 9.59 Å². The van der Waals surface area contributed by atoms with Gasteiger partial charge in [0.1, 0.15) is 10.4 Å². The topological polar surface area (TPSA) is 66.1 Å². The smallest absolute Gasteiger partial charge is 0.278 e. The minimum Gasteiger partial charge on any atom is -0.495 e. The van der Waals surface area contributed by atoms with Gasteiger partial charge in [0.2, 0.25) is 0 Å². The first-order valence-electron chi connectivity index (χ1n) is 10.7. The highest BCUT2D eigenvalue weighted by Crippen LogP contribution is 2.31. The van der Waals surface area contributed by atoms with Gasteiger partial charge in [-0.2, -0.15) is 0 Å². The van der Waals surface area contributed by atoms with E-state index in [0.29, 0.717) is 42.1 Å². The van der Waals surface area contributed by atoms with Gasteiger partial charge in [-0.1, -0.05) is 83.8 Å². The zero-order valence-electron chi connectivity index (χ0n) is 18.6. The number of carbonyl (C=O) groups is 1. The van der Waals surface area contributed by atoms with Crippen LogP contribution in [-0.4, -0.2) is 32.8 Å². The Balaban J connectivity index is 1.70. The normalized spacial score (nSPS) is 11.0. The molecule has 0 radical (unpaired) electrons. The number of rotatable bonds is 7. The standard InChI is InChI=1S/C26H19N3O3S3/c1-32-21-15-9-8-14-19(21)29-23-22(35-26(29)33)24(31)28(18-12-6-3-7-13-18)25(27-23)34-16-20(30)17-10-4-2-5-11-17/h2-15H,16H2,1H3. The SMILES string of the molecule is COc1ccccc1-n1c(=S)sc2c(=O)n(-c3ccccc3)c(SCC(=O)c3ccccc3)nc21. The van der Waals surface area contributed by atoms with Crippen LogP contribution in [0.4, 0.5) is 0 Å². The molecule has 0 aliphatic rings. The van der Waals surface area contributed by atoms with Crippen molar-refractivity contribution in [3.63, 3.8) is 0 Å². The van der Waals surface area contributed by atoms with Crippen LogP contribution in [0.3, 0.4) is 0 Å². The third-order valence-electron chi connectivity index (χ3n) is 5.35. The molecule has 0 saturated heterocycles. The van der Waals surface area contributed by atoms with Crippen molar-refractivity contribution in [3.8, 4) is 17.1 Å². The average Bonchev–Trinajstić information content (AvgIpc) is 3.24. The van der Waals surface area contributed by atoms with Gasteiger partial charge in [0.25, 0.3) is 5.56 Å². The molecule has 0 bridgehead atoms. The molecule has 35 heavy (non-hydrogen) atoms. The molecule has 3 aromatic carbocycles. The summed E-state index contributed by atoms with van der Waals surface area (Å²) in [4.78, 5) is 31.5. The van der Waals surface area contributed by atoms with Gasteiger partial charge in [0.15, 0.2) is 20.5 Å². The number of thiazole rings is 1. The highest BCUT2D eigenvalue weighted by atomic mass is 32.2. The zero-order chi connectivity index (χ0) is 24.4. The monoisotopic (exact) mass is 517 g/mol. The second-order valence-corrected chi connectivity index (χ2v) is 10.1. The van der Waals surface area contributed by atoms with Crippen LogP contribution in [0.1, 0.15) is 10.4 Å². The predicted octanol–water partition coefficient (Wildman–Crippen LogP) is 5.95. The number of hydrogen-bond acceptors (Lipinski definition) is 7. The molecule has 0 aliphatic carbocycles. The van der Waals surface area contributed by atoms with Gasteiger partial charge in [-0.05, 0) is 36.5 Å². The van der Waals surface area contributed by atoms with Crippen LogP contribution in [0, 0.1) is 3.95 Å². The third-order valence-corrected chi connectivity index (χ3v) is 7.64. The van der Waals surface area contributed by atoms with Gasteiger partial charge in [0, 0.05) is 5.56 Å². The van der Waals surface area contributed by atoms with Crippen molar-refractivity contribution in [1.82, 2.24) is 14.1 Å². The molecule has 0 amide bonds. The lowest BCUT2D eigenvalue weighted by Gasteiger charge is -2.13. The van der Waals surface area contributed by atoms with Gasteiger partial charge in [-0.15, -0.1) is 0 Å².